The molecule has 4 rings (SSSR count). The highest BCUT2D eigenvalue weighted by Gasteiger charge is 2.31. The van der Waals surface area contributed by atoms with Gasteiger partial charge in [-0.05, 0) is 60.9 Å². The predicted molar refractivity (Wildman–Crippen MR) is 151 cm³/mol. The molecule has 1 aromatic heterocycles. The summed E-state index contributed by atoms with van der Waals surface area (Å²) in [5, 5.41) is 14.9. The van der Waals surface area contributed by atoms with Crippen LogP contribution in [-0.2, 0) is 10.1 Å². The van der Waals surface area contributed by atoms with Crippen LogP contribution in [0.3, 0.4) is 0 Å². The van der Waals surface area contributed by atoms with Gasteiger partial charge < -0.3 is 14.6 Å². The topological polar surface area (TPSA) is 88.5 Å². The normalized spacial score (nSPS) is 18.1. The maximum atomic E-state index is 12.4. The van der Waals surface area contributed by atoms with E-state index in [1.165, 1.54) is 23.5 Å². The fourth-order valence-corrected chi connectivity index (χ4v) is 6.85. The first-order chi connectivity index (χ1) is 18.3. The average Bonchev–Trinajstić information content (AvgIpc) is 3.29. The molecule has 0 amide bonds. The standard InChI is InChI=1S/C25H23Cl2F3N2O4S3/c26-15-7-10-17(18(27)13-15)21-22(38-24(32-21)23(37)31-19-3-1-2-4-20(19)33)14-5-8-16(9-6-14)36-39(34,35)12-11-25(28,29)30/h5-10,13,19-20,33H,1-4,11-12H2,(H,31,37). The molecule has 1 heterocycles. The lowest BCUT2D eigenvalue weighted by atomic mass is 9.93. The van der Waals surface area contributed by atoms with Crippen molar-refractivity contribution in [2.45, 2.75) is 50.4 Å². The number of aromatic nitrogens is 1. The van der Waals surface area contributed by atoms with Crippen LogP contribution in [0, 0.1) is 0 Å². The molecule has 2 unspecified atom stereocenters. The van der Waals surface area contributed by atoms with Crippen LogP contribution in [0.2, 0.25) is 10.0 Å². The summed E-state index contributed by atoms with van der Waals surface area (Å²) in [5.74, 6) is -1.31. The van der Waals surface area contributed by atoms with E-state index in [1.54, 1.807) is 30.3 Å². The van der Waals surface area contributed by atoms with Gasteiger partial charge in [-0.2, -0.15) is 21.6 Å². The summed E-state index contributed by atoms with van der Waals surface area (Å²) >= 11 is 19.4. The molecule has 6 nitrogen and oxygen atoms in total. The van der Waals surface area contributed by atoms with E-state index in [0.717, 1.165) is 19.3 Å². The molecule has 1 saturated carbocycles. The van der Waals surface area contributed by atoms with Crippen LogP contribution in [0.25, 0.3) is 21.7 Å². The minimum atomic E-state index is -4.62. The monoisotopic (exact) mass is 638 g/mol. The second kappa shape index (κ2) is 12.3. The number of benzene rings is 2. The number of thiocarbonyl (C=S) groups is 1. The summed E-state index contributed by atoms with van der Waals surface area (Å²) in [7, 11) is -4.44. The summed E-state index contributed by atoms with van der Waals surface area (Å²) in [5.41, 5.74) is 1.73. The van der Waals surface area contributed by atoms with Gasteiger partial charge in [-0.15, -0.1) is 11.3 Å². The van der Waals surface area contributed by atoms with Crippen molar-refractivity contribution in [3.63, 3.8) is 0 Å². The van der Waals surface area contributed by atoms with Crippen molar-refractivity contribution in [1.29, 1.82) is 0 Å². The number of hydrogen-bond donors (Lipinski definition) is 2. The maximum Gasteiger partial charge on any atom is 0.390 e. The molecule has 2 N–H and O–H groups in total. The van der Waals surface area contributed by atoms with Crippen LogP contribution in [0.15, 0.2) is 42.5 Å². The van der Waals surface area contributed by atoms with E-state index < -0.39 is 34.6 Å². The molecule has 0 spiro atoms. The van der Waals surface area contributed by atoms with Gasteiger partial charge in [0.15, 0.2) is 5.01 Å². The van der Waals surface area contributed by atoms with Crippen molar-refractivity contribution in [3.05, 3.63) is 57.5 Å². The Morgan fingerprint density at radius 2 is 1.85 bits per heavy atom. The molecule has 14 heteroatoms. The van der Waals surface area contributed by atoms with Crippen LogP contribution < -0.4 is 9.50 Å². The zero-order chi connectivity index (χ0) is 28.4. The van der Waals surface area contributed by atoms with Crippen LogP contribution >= 0.6 is 46.8 Å². The number of thiazole rings is 1. The summed E-state index contributed by atoms with van der Waals surface area (Å²) in [6.45, 7) is 0. The van der Waals surface area contributed by atoms with E-state index in [0.29, 0.717) is 48.2 Å². The van der Waals surface area contributed by atoms with Crippen molar-refractivity contribution in [1.82, 2.24) is 10.3 Å². The average molecular weight is 640 g/mol. The third kappa shape index (κ3) is 8.05. The van der Waals surface area contributed by atoms with Crippen molar-refractivity contribution in [3.8, 4) is 27.4 Å². The second-order valence-corrected chi connectivity index (χ2v) is 12.9. The molecule has 0 saturated heterocycles. The number of alkyl halides is 3. The summed E-state index contributed by atoms with van der Waals surface area (Å²) < 4.78 is 66.1. The first-order valence-electron chi connectivity index (χ1n) is 11.9. The predicted octanol–water partition coefficient (Wildman–Crippen LogP) is 7.01. The Hall–Kier alpha value is -1.96. The van der Waals surface area contributed by atoms with Gasteiger partial charge in [0.1, 0.15) is 10.7 Å². The second-order valence-electron chi connectivity index (χ2n) is 8.99. The summed E-state index contributed by atoms with van der Waals surface area (Å²) in [4.78, 5) is 5.77. The largest absolute Gasteiger partial charge is 0.391 e. The lowest BCUT2D eigenvalue weighted by molar-refractivity contribution is -0.130. The van der Waals surface area contributed by atoms with Crippen LogP contribution in [0.4, 0.5) is 13.2 Å². The molecule has 0 bridgehead atoms. The lowest BCUT2D eigenvalue weighted by Gasteiger charge is -2.28. The Labute approximate surface area is 243 Å². The van der Waals surface area contributed by atoms with Crippen molar-refractivity contribution in [2.75, 3.05) is 5.75 Å². The third-order valence-corrected chi connectivity index (χ3v) is 9.29. The fraction of sp³-hybridized carbons (Fsp3) is 0.360. The number of nitrogens with zero attached hydrogens (tertiary/aromatic N) is 1. The SMILES string of the molecule is O=S(=O)(CCC(F)(F)F)Oc1ccc(-c2sc(C(=S)NC3CCCCC3O)nc2-c2ccc(Cl)cc2Cl)cc1. The lowest BCUT2D eigenvalue weighted by Crippen LogP contribution is -2.44. The van der Waals surface area contributed by atoms with E-state index >= 15 is 0 Å². The highest BCUT2D eigenvalue weighted by atomic mass is 35.5. The number of hydrogen-bond acceptors (Lipinski definition) is 7. The van der Waals surface area contributed by atoms with E-state index in [4.69, 9.17) is 44.6 Å². The van der Waals surface area contributed by atoms with E-state index in [2.05, 4.69) is 5.32 Å². The number of rotatable bonds is 8. The number of nitrogens with one attached hydrogen (secondary N) is 1. The van der Waals surface area contributed by atoms with E-state index in [1.807, 2.05) is 0 Å². The molecule has 0 aliphatic heterocycles. The molecule has 210 valence electrons. The van der Waals surface area contributed by atoms with Crippen LogP contribution in [0.1, 0.15) is 37.1 Å². The minimum Gasteiger partial charge on any atom is -0.391 e. The molecular weight excluding hydrogens is 616 g/mol. The molecule has 2 atom stereocenters. The molecule has 0 radical (unpaired) electrons. The van der Waals surface area contributed by atoms with E-state index in [9.17, 15) is 26.7 Å². The van der Waals surface area contributed by atoms with Crippen molar-refractivity contribution in [2.24, 2.45) is 0 Å². The Balaban J connectivity index is 1.63. The molecule has 1 aliphatic carbocycles. The van der Waals surface area contributed by atoms with Gasteiger partial charge in [0.05, 0.1) is 39.9 Å². The minimum absolute atomic E-state index is 0.125. The van der Waals surface area contributed by atoms with Crippen LogP contribution in [-0.4, -0.2) is 47.6 Å². The third-order valence-electron chi connectivity index (χ3n) is 6.03. The molecule has 1 fully saturated rings. The van der Waals surface area contributed by atoms with E-state index in [-0.39, 0.29) is 11.8 Å². The quantitative estimate of drug-likeness (QED) is 0.203. The van der Waals surface area contributed by atoms with Gasteiger partial charge >= 0.3 is 16.3 Å². The Kier molecular flexibility index (Phi) is 9.45. The molecule has 3 aromatic rings. The van der Waals surface area contributed by atoms with Gasteiger partial charge in [-0.1, -0.05) is 48.3 Å². The number of aliphatic hydroxyl groups is 1. The number of halogens is 5. The Morgan fingerprint density at radius 3 is 2.49 bits per heavy atom. The first kappa shape index (κ1) is 30.0. The zero-order valence-corrected chi connectivity index (χ0v) is 24.1. The molecule has 2 aromatic carbocycles. The number of aliphatic hydroxyl groups excluding tert-OH is 1. The van der Waals surface area contributed by atoms with Gasteiger partial charge in [0.25, 0.3) is 0 Å². The molecule has 39 heavy (non-hydrogen) atoms. The maximum absolute atomic E-state index is 12.4. The zero-order valence-electron chi connectivity index (χ0n) is 20.2. The van der Waals surface area contributed by atoms with Gasteiger partial charge in [-0.25, -0.2) is 4.98 Å². The van der Waals surface area contributed by atoms with Crippen LogP contribution in [0.5, 0.6) is 5.75 Å². The highest BCUT2D eigenvalue weighted by molar-refractivity contribution is 7.87. The van der Waals surface area contributed by atoms with Crippen molar-refractivity contribution >= 4 is 61.9 Å². The Bertz CT molecular complexity index is 1450. The highest BCUT2D eigenvalue weighted by Crippen LogP contribution is 2.41. The summed E-state index contributed by atoms with van der Waals surface area (Å²) in [6, 6.07) is 10.6. The van der Waals surface area contributed by atoms with Gasteiger partial charge in [0, 0.05) is 10.6 Å². The van der Waals surface area contributed by atoms with Gasteiger partial charge in [-0.3, -0.25) is 0 Å². The molecular formula is C25H23Cl2F3N2O4S3. The Morgan fingerprint density at radius 1 is 1.15 bits per heavy atom. The van der Waals surface area contributed by atoms with Gasteiger partial charge in [0.2, 0.25) is 0 Å². The smallest absolute Gasteiger partial charge is 0.390 e. The fourth-order valence-electron chi connectivity index (χ4n) is 4.08. The van der Waals surface area contributed by atoms with Crippen molar-refractivity contribution < 1.29 is 30.9 Å². The molecule has 1 aliphatic rings. The first-order valence-corrected chi connectivity index (χ1v) is 15.4. The summed E-state index contributed by atoms with van der Waals surface area (Å²) in [6.07, 6.45) is -3.23.